The molecule has 19 heavy (non-hydrogen) atoms. The van der Waals surface area contributed by atoms with Gasteiger partial charge in [-0.3, -0.25) is 0 Å². The van der Waals surface area contributed by atoms with Crippen LogP contribution in [0.25, 0.3) is 10.8 Å². The monoisotopic (exact) mass is 333 g/mol. The Morgan fingerprint density at radius 2 is 2.05 bits per heavy atom. The summed E-state index contributed by atoms with van der Waals surface area (Å²) in [6, 6.07) is 9.24. The molecule has 3 aromatic rings. The Morgan fingerprint density at radius 3 is 2.84 bits per heavy atom. The first-order valence-electron chi connectivity index (χ1n) is 5.46. The molecule has 0 amide bonds. The van der Waals surface area contributed by atoms with Gasteiger partial charge in [0.2, 0.25) is 5.13 Å². The molecule has 0 spiro atoms. The fraction of sp³-hybridized carbons (Fsp3) is 0. The summed E-state index contributed by atoms with van der Waals surface area (Å²) in [6.45, 7) is 0. The van der Waals surface area contributed by atoms with Crippen molar-refractivity contribution in [3.63, 3.8) is 0 Å². The van der Waals surface area contributed by atoms with Crippen molar-refractivity contribution in [1.82, 2.24) is 4.98 Å². The number of thiazole rings is 1. The van der Waals surface area contributed by atoms with E-state index < -0.39 is 0 Å². The highest BCUT2D eigenvalue weighted by Gasteiger charge is 2.07. The van der Waals surface area contributed by atoms with Crippen molar-refractivity contribution in [1.29, 1.82) is 0 Å². The molecule has 0 bridgehead atoms. The largest absolute Gasteiger partial charge is 0.506 e. The number of nitrogens with zero attached hydrogens (tertiary/aromatic N) is 3. The lowest BCUT2D eigenvalue weighted by Gasteiger charge is -2.04. The van der Waals surface area contributed by atoms with Crippen LogP contribution in [-0.4, -0.2) is 10.1 Å². The van der Waals surface area contributed by atoms with Crippen molar-refractivity contribution in [3.05, 3.63) is 46.4 Å². The molecule has 0 aliphatic rings. The standard InChI is InChI=1S/C13H8BrN3OS/c14-9-2-3-10-8(7-9)1-4-11(18)12(10)16-17-13-15-5-6-19-13/h1-7,18H. The third kappa shape index (κ3) is 2.50. The molecular weight excluding hydrogens is 326 g/mol. The topological polar surface area (TPSA) is 57.8 Å². The van der Waals surface area contributed by atoms with Crippen LogP contribution in [0.1, 0.15) is 0 Å². The molecular formula is C13H8BrN3OS. The number of phenolic OH excluding ortho intramolecular Hbond substituents is 1. The van der Waals surface area contributed by atoms with E-state index in [4.69, 9.17) is 0 Å². The SMILES string of the molecule is Oc1ccc2cc(Br)ccc2c1N=Nc1nccs1. The van der Waals surface area contributed by atoms with Gasteiger partial charge in [-0.15, -0.1) is 21.6 Å². The minimum absolute atomic E-state index is 0.107. The number of fused-ring (bicyclic) bond motifs is 1. The van der Waals surface area contributed by atoms with Crippen molar-refractivity contribution in [2.24, 2.45) is 10.2 Å². The third-order valence-electron chi connectivity index (χ3n) is 2.59. The van der Waals surface area contributed by atoms with E-state index in [1.54, 1.807) is 12.3 Å². The number of aromatic hydroxyl groups is 1. The van der Waals surface area contributed by atoms with E-state index in [0.717, 1.165) is 15.2 Å². The number of hydrogen-bond acceptors (Lipinski definition) is 5. The molecule has 0 aliphatic heterocycles. The maximum absolute atomic E-state index is 9.92. The number of benzene rings is 2. The molecule has 1 heterocycles. The van der Waals surface area contributed by atoms with Crippen LogP contribution in [0.3, 0.4) is 0 Å². The first-order chi connectivity index (χ1) is 9.24. The summed E-state index contributed by atoms with van der Waals surface area (Å²) < 4.78 is 0.980. The van der Waals surface area contributed by atoms with E-state index in [2.05, 4.69) is 31.1 Å². The molecule has 2 aromatic carbocycles. The zero-order chi connectivity index (χ0) is 13.2. The number of phenols is 1. The number of hydrogen-bond donors (Lipinski definition) is 1. The second kappa shape index (κ2) is 5.07. The molecule has 3 rings (SSSR count). The van der Waals surface area contributed by atoms with Gasteiger partial charge in [0.05, 0.1) is 0 Å². The van der Waals surface area contributed by atoms with E-state index in [1.807, 2.05) is 29.6 Å². The maximum atomic E-state index is 9.92. The predicted molar refractivity (Wildman–Crippen MR) is 79.6 cm³/mol. The van der Waals surface area contributed by atoms with Gasteiger partial charge in [-0.05, 0) is 23.6 Å². The summed E-state index contributed by atoms with van der Waals surface area (Å²) in [7, 11) is 0. The van der Waals surface area contributed by atoms with Crippen molar-refractivity contribution in [3.8, 4) is 5.75 Å². The maximum Gasteiger partial charge on any atom is 0.229 e. The lowest BCUT2D eigenvalue weighted by Crippen LogP contribution is -1.76. The lowest BCUT2D eigenvalue weighted by atomic mass is 10.1. The van der Waals surface area contributed by atoms with Gasteiger partial charge in [0.25, 0.3) is 0 Å². The van der Waals surface area contributed by atoms with Gasteiger partial charge in [0.1, 0.15) is 11.4 Å². The van der Waals surface area contributed by atoms with Crippen molar-refractivity contribution < 1.29 is 5.11 Å². The van der Waals surface area contributed by atoms with Crippen LogP contribution < -0.4 is 0 Å². The molecule has 6 heteroatoms. The van der Waals surface area contributed by atoms with Gasteiger partial charge in [0.15, 0.2) is 0 Å². The Kier molecular flexibility index (Phi) is 3.27. The summed E-state index contributed by atoms with van der Waals surface area (Å²) in [4.78, 5) is 4.02. The van der Waals surface area contributed by atoms with Crippen LogP contribution in [-0.2, 0) is 0 Å². The zero-order valence-corrected chi connectivity index (χ0v) is 12.0. The molecule has 1 N–H and O–H groups in total. The molecule has 0 radical (unpaired) electrons. The Morgan fingerprint density at radius 1 is 1.16 bits per heavy atom. The van der Waals surface area contributed by atoms with E-state index in [1.165, 1.54) is 11.3 Å². The van der Waals surface area contributed by atoms with Crippen LogP contribution in [0, 0.1) is 0 Å². The quantitative estimate of drug-likeness (QED) is 0.657. The van der Waals surface area contributed by atoms with Gasteiger partial charge in [-0.1, -0.05) is 28.1 Å². The highest BCUT2D eigenvalue weighted by atomic mass is 79.9. The number of azo groups is 1. The lowest BCUT2D eigenvalue weighted by molar-refractivity contribution is 0.477. The number of aromatic nitrogens is 1. The van der Waals surface area contributed by atoms with Gasteiger partial charge < -0.3 is 5.11 Å². The highest BCUT2D eigenvalue weighted by molar-refractivity contribution is 9.10. The van der Waals surface area contributed by atoms with Gasteiger partial charge in [-0.2, -0.15) is 0 Å². The Labute approximate surface area is 121 Å². The predicted octanol–water partition coefficient (Wildman–Crippen LogP) is 5.18. The first kappa shape index (κ1) is 12.3. The Bertz CT molecular complexity index is 756. The minimum Gasteiger partial charge on any atom is -0.506 e. The Balaban J connectivity index is 2.14. The second-order valence-corrected chi connectivity index (χ2v) is 5.60. The van der Waals surface area contributed by atoms with E-state index in [-0.39, 0.29) is 5.75 Å². The smallest absolute Gasteiger partial charge is 0.229 e. The third-order valence-corrected chi connectivity index (χ3v) is 3.74. The van der Waals surface area contributed by atoms with Gasteiger partial charge >= 0.3 is 0 Å². The van der Waals surface area contributed by atoms with Crippen LogP contribution in [0.2, 0.25) is 0 Å². The molecule has 4 nitrogen and oxygen atoms in total. The van der Waals surface area contributed by atoms with Crippen LogP contribution >= 0.6 is 27.3 Å². The number of halogens is 1. The van der Waals surface area contributed by atoms with E-state index >= 15 is 0 Å². The molecule has 0 aliphatic carbocycles. The first-order valence-corrected chi connectivity index (χ1v) is 7.14. The average molecular weight is 334 g/mol. The average Bonchev–Trinajstić information content (AvgIpc) is 2.91. The van der Waals surface area contributed by atoms with Crippen LogP contribution in [0.5, 0.6) is 5.75 Å². The zero-order valence-electron chi connectivity index (χ0n) is 9.62. The number of rotatable bonds is 2. The molecule has 0 saturated heterocycles. The summed E-state index contributed by atoms with van der Waals surface area (Å²) in [5.41, 5.74) is 0.459. The molecule has 0 fully saturated rings. The van der Waals surface area contributed by atoms with Crippen LogP contribution in [0.4, 0.5) is 10.8 Å². The fourth-order valence-corrected chi connectivity index (χ4v) is 2.57. The van der Waals surface area contributed by atoms with Crippen molar-refractivity contribution in [2.75, 3.05) is 0 Å². The molecule has 0 unspecified atom stereocenters. The summed E-state index contributed by atoms with van der Waals surface area (Å²) in [5.74, 6) is 0.107. The molecule has 0 atom stereocenters. The summed E-state index contributed by atoms with van der Waals surface area (Å²) in [6.07, 6.45) is 1.67. The normalized spacial score (nSPS) is 11.4. The van der Waals surface area contributed by atoms with Crippen molar-refractivity contribution in [2.45, 2.75) is 0 Å². The van der Waals surface area contributed by atoms with Crippen molar-refractivity contribution >= 4 is 48.9 Å². The van der Waals surface area contributed by atoms with Gasteiger partial charge in [-0.25, -0.2) is 4.98 Å². The van der Waals surface area contributed by atoms with E-state index in [9.17, 15) is 5.11 Å². The minimum atomic E-state index is 0.107. The van der Waals surface area contributed by atoms with Gasteiger partial charge in [0, 0.05) is 21.4 Å². The summed E-state index contributed by atoms with van der Waals surface area (Å²) >= 11 is 4.82. The highest BCUT2D eigenvalue weighted by Crippen LogP contribution is 2.37. The summed E-state index contributed by atoms with van der Waals surface area (Å²) in [5, 5.41) is 22.3. The Hall–Kier alpha value is -1.79. The second-order valence-electron chi connectivity index (χ2n) is 3.81. The van der Waals surface area contributed by atoms with E-state index in [0.29, 0.717) is 10.8 Å². The fourth-order valence-electron chi connectivity index (χ4n) is 1.74. The van der Waals surface area contributed by atoms with Crippen LogP contribution in [0.15, 0.2) is 56.6 Å². The molecule has 1 aromatic heterocycles. The molecule has 0 saturated carbocycles. The molecule has 94 valence electrons.